The molecule has 1 fully saturated rings. The summed E-state index contributed by atoms with van der Waals surface area (Å²) >= 11 is 0. The van der Waals surface area contributed by atoms with Gasteiger partial charge in [0.25, 0.3) is 0 Å². The van der Waals surface area contributed by atoms with Gasteiger partial charge in [0, 0.05) is 19.1 Å². The smallest absolute Gasteiger partial charge is 0.410 e. The van der Waals surface area contributed by atoms with Gasteiger partial charge in [-0.2, -0.15) is 0 Å². The van der Waals surface area contributed by atoms with Crippen LogP contribution in [0, 0.1) is 6.92 Å². The maximum Gasteiger partial charge on any atom is 0.410 e. The van der Waals surface area contributed by atoms with Crippen molar-refractivity contribution in [3.05, 3.63) is 35.4 Å². The number of rotatable bonds is 2. The van der Waals surface area contributed by atoms with Crippen LogP contribution in [0.3, 0.4) is 0 Å². The number of amides is 1. The minimum Gasteiger partial charge on any atom is -0.445 e. The first-order valence-corrected chi connectivity index (χ1v) is 6.38. The summed E-state index contributed by atoms with van der Waals surface area (Å²) in [6, 6.07) is 8.22. The summed E-state index contributed by atoms with van der Waals surface area (Å²) in [5.41, 5.74) is 8.00. The normalized spacial score (nSPS) is 16.7. The lowest BCUT2D eigenvalue weighted by atomic mass is 10.1. The van der Waals surface area contributed by atoms with Crippen LogP contribution < -0.4 is 5.73 Å². The van der Waals surface area contributed by atoms with Gasteiger partial charge in [-0.05, 0) is 25.3 Å². The molecule has 2 N–H and O–H groups in total. The van der Waals surface area contributed by atoms with E-state index in [9.17, 15) is 4.79 Å². The molecule has 4 heteroatoms. The van der Waals surface area contributed by atoms with E-state index in [2.05, 4.69) is 0 Å². The van der Waals surface area contributed by atoms with E-state index < -0.39 is 0 Å². The van der Waals surface area contributed by atoms with Crippen LogP contribution >= 0.6 is 0 Å². The first-order valence-electron chi connectivity index (χ1n) is 6.38. The molecule has 1 aliphatic heterocycles. The number of nitrogens with zero attached hydrogens (tertiary/aromatic N) is 1. The highest BCUT2D eigenvalue weighted by atomic mass is 16.6. The quantitative estimate of drug-likeness (QED) is 0.871. The van der Waals surface area contributed by atoms with Crippen LogP contribution in [0.25, 0.3) is 0 Å². The summed E-state index contributed by atoms with van der Waals surface area (Å²) in [5, 5.41) is 0. The fraction of sp³-hybridized carbons (Fsp3) is 0.500. The zero-order valence-electron chi connectivity index (χ0n) is 10.8. The Hall–Kier alpha value is -1.55. The zero-order chi connectivity index (χ0) is 13.0. The molecule has 98 valence electrons. The number of carbonyl (C=O) groups is 1. The Balaban J connectivity index is 1.81. The molecule has 0 aromatic heterocycles. The standard InChI is InChI=1S/C14H20N2O2/c1-11-3-2-4-12(9-11)10-18-14(17)16-7-5-13(15)6-8-16/h2-4,9,13H,5-8,10,15H2,1H3. The van der Waals surface area contributed by atoms with E-state index in [0.29, 0.717) is 19.7 Å². The van der Waals surface area contributed by atoms with Gasteiger partial charge >= 0.3 is 6.09 Å². The van der Waals surface area contributed by atoms with Gasteiger partial charge in [-0.3, -0.25) is 0 Å². The number of benzene rings is 1. The van der Waals surface area contributed by atoms with Crippen molar-refractivity contribution in [1.29, 1.82) is 0 Å². The fourth-order valence-electron chi connectivity index (χ4n) is 2.12. The van der Waals surface area contributed by atoms with Crippen LogP contribution in [0.15, 0.2) is 24.3 Å². The van der Waals surface area contributed by atoms with E-state index >= 15 is 0 Å². The van der Waals surface area contributed by atoms with E-state index in [1.165, 1.54) is 5.56 Å². The second kappa shape index (κ2) is 5.87. The largest absolute Gasteiger partial charge is 0.445 e. The lowest BCUT2D eigenvalue weighted by molar-refractivity contribution is 0.0873. The van der Waals surface area contributed by atoms with Crippen LogP contribution in [0.5, 0.6) is 0 Å². The Morgan fingerprint density at radius 1 is 1.44 bits per heavy atom. The van der Waals surface area contributed by atoms with E-state index in [4.69, 9.17) is 10.5 Å². The summed E-state index contributed by atoms with van der Waals surface area (Å²) in [4.78, 5) is 13.6. The van der Waals surface area contributed by atoms with Crippen molar-refractivity contribution >= 4 is 6.09 Å². The first kappa shape index (κ1) is 12.9. The number of hydrogen-bond acceptors (Lipinski definition) is 3. The molecule has 0 aliphatic carbocycles. The monoisotopic (exact) mass is 248 g/mol. The lowest BCUT2D eigenvalue weighted by Crippen LogP contribution is -2.43. The van der Waals surface area contributed by atoms with Gasteiger partial charge < -0.3 is 15.4 Å². The molecule has 2 rings (SSSR count). The van der Waals surface area contributed by atoms with Crippen LogP contribution in [0.4, 0.5) is 4.79 Å². The Kier molecular flexibility index (Phi) is 4.20. The number of likely N-dealkylation sites (tertiary alicyclic amines) is 1. The molecule has 1 aliphatic rings. The molecule has 0 saturated carbocycles. The molecule has 1 saturated heterocycles. The predicted molar refractivity (Wildman–Crippen MR) is 70.1 cm³/mol. The van der Waals surface area contributed by atoms with Gasteiger partial charge in [0.1, 0.15) is 6.61 Å². The number of carbonyl (C=O) groups excluding carboxylic acids is 1. The third-order valence-electron chi connectivity index (χ3n) is 3.24. The third kappa shape index (κ3) is 3.47. The summed E-state index contributed by atoms with van der Waals surface area (Å²) in [6.07, 6.45) is 1.49. The number of ether oxygens (including phenoxy) is 1. The molecule has 0 atom stereocenters. The van der Waals surface area contributed by atoms with Crippen LogP contribution in [0.2, 0.25) is 0 Å². The molecule has 1 heterocycles. The highest BCUT2D eigenvalue weighted by molar-refractivity contribution is 5.67. The SMILES string of the molecule is Cc1cccc(COC(=O)N2CCC(N)CC2)c1. The van der Waals surface area contributed by atoms with Gasteiger partial charge in [0.15, 0.2) is 0 Å². The topological polar surface area (TPSA) is 55.6 Å². The van der Waals surface area contributed by atoms with Crippen molar-refractivity contribution < 1.29 is 9.53 Å². The van der Waals surface area contributed by atoms with Gasteiger partial charge in [-0.25, -0.2) is 4.79 Å². The van der Waals surface area contributed by atoms with Gasteiger partial charge in [-0.15, -0.1) is 0 Å². The van der Waals surface area contributed by atoms with Crippen LogP contribution in [0.1, 0.15) is 24.0 Å². The Morgan fingerprint density at radius 3 is 2.83 bits per heavy atom. The molecular formula is C14H20N2O2. The third-order valence-corrected chi connectivity index (χ3v) is 3.24. The highest BCUT2D eigenvalue weighted by Gasteiger charge is 2.21. The minimum absolute atomic E-state index is 0.228. The molecule has 1 aromatic carbocycles. The zero-order valence-corrected chi connectivity index (χ0v) is 10.8. The molecule has 4 nitrogen and oxygen atoms in total. The van der Waals surface area contributed by atoms with Crippen molar-refractivity contribution in [3.8, 4) is 0 Å². The minimum atomic E-state index is -0.233. The molecule has 18 heavy (non-hydrogen) atoms. The molecule has 1 amide bonds. The first-order chi connectivity index (χ1) is 8.65. The molecular weight excluding hydrogens is 228 g/mol. The van der Waals surface area contributed by atoms with Gasteiger partial charge in [0.2, 0.25) is 0 Å². The van der Waals surface area contributed by atoms with Crippen molar-refractivity contribution in [3.63, 3.8) is 0 Å². The average molecular weight is 248 g/mol. The second-order valence-corrected chi connectivity index (χ2v) is 4.87. The van der Waals surface area contributed by atoms with Crippen molar-refractivity contribution in [2.75, 3.05) is 13.1 Å². The number of hydrogen-bond donors (Lipinski definition) is 1. The van der Waals surface area contributed by atoms with Crippen LogP contribution in [-0.4, -0.2) is 30.1 Å². The van der Waals surface area contributed by atoms with Crippen molar-refractivity contribution in [2.45, 2.75) is 32.4 Å². The van der Waals surface area contributed by atoms with E-state index in [-0.39, 0.29) is 12.1 Å². The maximum atomic E-state index is 11.8. The fourth-order valence-corrected chi connectivity index (χ4v) is 2.12. The lowest BCUT2D eigenvalue weighted by Gasteiger charge is -2.29. The summed E-state index contributed by atoms with van der Waals surface area (Å²) in [6.45, 7) is 3.77. The predicted octanol–water partition coefficient (Wildman–Crippen LogP) is 2.05. The Morgan fingerprint density at radius 2 is 2.17 bits per heavy atom. The summed E-state index contributed by atoms with van der Waals surface area (Å²) < 4.78 is 5.30. The molecule has 0 spiro atoms. The number of aryl methyl sites for hydroxylation is 1. The molecule has 1 aromatic rings. The number of nitrogens with two attached hydrogens (primary N) is 1. The second-order valence-electron chi connectivity index (χ2n) is 4.87. The molecule has 0 bridgehead atoms. The van der Waals surface area contributed by atoms with Crippen LogP contribution in [-0.2, 0) is 11.3 Å². The molecule has 0 unspecified atom stereocenters. The summed E-state index contributed by atoms with van der Waals surface area (Å²) in [7, 11) is 0. The molecule has 0 radical (unpaired) electrons. The van der Waals surface area contributed by atoms with E-state index in [1.807, 2.05) is 31.2 Å². The maximum absolute atomic E-state index is 11.8. The summed E-state index contributed by atoms with van der Waals surface area (Å²) in [5.74, 6) is 0. The number of piperidine rings is 1. The van der Waals surface area contributed by atoms with E-state index in [1.54, 1.807) is 4.90 Å². The Labute approximate surface area is 108 Å². The van der Waals surface area contributed by atoms with Gasteiger partial charge in [0.05, 0.1) is 0 Å². The van der Waals surface area contributed by atoms with E-state index in [0.717, 1.165) is 18.4 Å². The Bertz CT molecular complexity index is 412. The van der Waals surface area contributed by atoms with Crippen molar-refractivity contribution in [2.24, 2.45) is 5.73 Å². The van der Waals surface area contributed by atoms with Gasteiger partial charge in [-0.1, -0.05) is 29.8 Å². The highest BCUT2D eigenvalue weighted by Crippen LogP contribution is 2.11. The average Bonchev–Trinajstić information content (AvgIpc) is 2.37. The van der Waals surface area contributed by atoms with Crippen molar-refractivity contribution in [1.82, 2.24) is 4.90 Å².